The number of aromatic nitrogens is 3. The van der Waals surface area contributed by atoms with Gasteiger partial charge in [0.05, 0.1) is 17.5 Å². The van der Waals surface area contributed by atoms with Gasteiger partial charge in [0.15, 0.2) is 0 Å². The monoisotopic (exact) mass is 378 g/mol. The normalized spacial score (nSPS) is 11.6. The first-order valence-electron chi connectivity index (χ1n) is 8.42. The molecule has 0 radical (unpaired) electrons. The zero-order valence-electron chi connectivity index (χ0n) is 14.7. The Morgan fingerprint density at radius 2 is 1.81 bits per heavy atom. The van der Waals surface area contributed by atoms with Gasteiger partial charge in [0, 0.05) is 41.6 Å². The Bertz CT molecular complexity index is 1200. The molecule has 4 aromatic rings. The van der Waals surface area contributed by atoms with Crippen LogP contribution in [-0.2, 0) is 22.8 Å². The number of aryl methyl sites for hydroxylation is 1. The van der Waals surface area contributed by atoms with Crippen molar-refractivity contribution in [2.24, 2.45) is 7.05 Å². The minimum Gasteiger partial charge on any atom is -0.283 e. The summed E-state index contributed by atoms with van der Waals surface area (Å²) in [5.74, 6) is -0.0696. The standard InChI is InChI=1S/C20H18N4O2S/c1-24-13-18(12-22-24)17-9-16-10-19(7-8-20(16)21-11-17)23-27(25,26)14-15-5-3-2-4-6-15/h2-13,23H,14H2,1H3. The van der Waals surface area contributed by atoms with Crippen LogP contribution in [0.15, 0.2) is 73.2 Å². The molecule has 0 spiro atoms. The highest BCUT2D eigenvalue weighted by Crippen LogP contribution is 2.25. The first kappa shape index (κ1) is 17.2. The van der Waals surface area contributed by atoms with E-state index < -0.39 is 10.0 Å². The third-order valence-corrected chi connectivity index (χ3v) is 5.45. The van der Waals surface area contributed by atoms with Gasteiger partial charge in [-0.25, -0.2) is 8.42 Å². The molecule has 0 saturated carbocycles. The topological polar surface area (TPSA) is 76.9 Å². The molecule has 4 rings (SSSR count). The summed E-state index contributed by atoms with van der Waals surface area (Å²) in [6.07, 6.45) is 5.48. The Morgan fingerprint density at radius 3 is 2.56 bits per heavy atom. The Morgan fingerprint density at radius 1 is 1.00 bits per heavy atom. The highest BCUT2D eigenvalue weighted by Gasteiger charge is 2.12. The maximum absolute atomic E-state index is 12.5. The van der Waals surface area contributed by atoms with E-state index in [9.17, 15) is 8.42 Å². The minimum absolute atomic E-state index is 0.0696. The second-order valence-corrected chi connectivity index (χ2v) is 8.10. The van der Waals surface area contributed by atoms with E-state index in [1.54, 1.807) is 41.3 Å². The molecular formula is C20H18N4O2S. The number of pyridine rings is 1. The first-order valence-corrected chi connectivity index (χ1v) is 10.1. The van der Waals surface area contributed by atoms with Gasteiger partial charge in [0.2, 0.25) is 10.0 Å². The number of rotatable bonds is 5. The van der Waals surface area contributed by atoms with Crippen molar-refractivity contribution >= 4 is 26.6 Å². The number of sulfonamides is 1. The largest absolute Gasteiger partial charge is 0.283 e. The summed E-state index contributed by atoms with van der Waals surface area (Å²) in [5, 5.41) is 5.03. The molecule has 7 heteroatoms. The van der Waals surface area contributed by atoms with Crippen molar-refractivity contribution in [2.75, 3.05) is 4.72 Å². The van der Waals surface area contributed by atoms with Crippen LogP contribution in [0.4, 0.5) is 5.69 Å². The summed E-state index contributed by atoms with van der Waals surface area (Å²) >= 11 is 0. The average Bonchev–Trinajstić information content (AvgIpc) is 3.07. The fourth-order valence-electron chi connectivity index (χ4n) is 2.93. The van der Waals surface area contributed by atoms with Gasteiger partial charge in [-0.05, 0) is 29.8 Å². The van der Waals surface area contributed by atoms with Gasteiger partial charge in [-0.2, -0.15) is 5.10 Å². The van der Waals surface area contributed by atoms with Gasteiger partial charge in [0.1, 0.15) is 0 Å². The molecule has 2 aromatic heterocycles. The van der Waals surface area contributed by atoms with Crippen LogP contribution in [0, 0.1) is 0 Å². The fraction of sp³-hybridized carbons (Fsp3) is 0.100. The summed E-state index contributed by atoms with van der Waals surface area (Å²) < 4.78 is 29.3. The third-order valence-electron chi connectivity index (χ3n) is 4.19. The number of nitrogens with one attached hydrogen (secondary N) is 1. The zero-order chi connectivity index (χ0) is 18.9. The Kier molecular flexibility index (Phi) is 4.37. The number of anilines is 1. The van der Waals surface area contributed by atoms with Crippen molar-refractivity contribution in [1.29, 1.82) is 0 Å². The van der Waals surface area contributed by atoms with E-state index in [1.165, 1.54) is 0 Å². The summed E-state index contributed by atoms with van der Waals surface area (Å²) in [6.45, 7) is 0. The highest BCUT2D eigenvalue weighted by molar-refractivity contribution is 7.91. The molecule has 136 valence electrons. The Hall–Kier alpha value is -3.19. The highest BCUT2D eigenvalue weighted by atomic mass is 32.2. The molecule has 2 aromatic carbocycles. The van der Waals surface area contributed by atoms with E-state index in [4.69, 9.17) is 0 Å². The molecule has 27 heavy (non-hydrogen) atoms. The SMILES string of the molecule is Cn1cc(-c2cnc3ccc(NS(=O)(=O)Cc4ccccc4)cc3c2)cn1. The van der Waals surface area contributed by atoms with Crippen molar-refractivity contribution in [2.45, 2.75) is 5.75 Å². The van der Waals surface area contributed by atoms with Gasteiger partial charge >= 0.3 is 0 Å². The van der Waals surface area contributed by atoms with E-state index in [-0.39, 0.29) is 5.75 Å². The van der Waals surface area contributed by atoms with Gasteiger partial charge < -0.3 is 0 Å². The van der Waals surface area contributed by atoms with Crippen molar-refractivity contribution in [3.63, 3.8) is 0 Å². The number of benzene rings is 2. The van der Waals surface area contributed by atoms with E-state index in [0.29, 0.717) is 5.69 Å². The molecule has 0 unspecified atom stereocenters. The Labute approximate surface area is 157 Å². The van der Waals surface area contributed by atoms with Crippen molar-refractivity contribution in [1.82, 2.24) is 14.8 Å². The maximum atomic E-state index is 12.5. The van der Waals surface area contributed by atoms with Crippen LogP contribution in [0.5, 0.6) is 0 Å². The number of hydrogen-bond donors (Lipinski definition) is 1. The molecule has 0 aliphatic heterocycles. The fourth-order valence-corrected chi connectivity index (χ4v) is 4.12. The average molecular weight is 378 g/mol. The molecule has 0 bridgehead atoms. The smallest absolute Gasteiger partial charge is 0.236 e. The molecule has 0 aliphatic carbocycles. The molecule has 0 atom stereocenters. The van der Waals surface area contributed by atoms with Gasteiger partial charge in [0.25, 0.3) is 0 Å². The molecular weight excluding hydrogens is 360 g/mol. The van der Waals surface area contributed by atoms with Crippen molar-refractivity contribution < 1.29 is 8.42 Å². The van der Waals surface area contributed by atoms with Crippen molar-refractivity contribution in [3.05, 3.63) is 78.8 Å². The molecule has 1 N–H and O–H groups in total. The number of hydrogen-bond acceptors (Lipinski definition) is 4. The van der Waals surface area contributed by atoms with Gasteiger partial charge in [-0.1, -0.05) is 30.3 Å². The summed E-state index contributed by atoms with van der Waals surface area (Å²) in [7, 11) is -1.64. The van der Waals surface area contributed by atoms with Crippen LogP contribution in [-0.4, -0.2) is 23.2 Å². The Balaban J connectivity index is 1.62. The predicted molar refractivity (Wildman–Crippen MR) is 107 cm³/mol. The van der Waals surface area contributed by atoms with Crippen LogP contribution in [0.2, 0.25) is 0 Å². The van der Waals surface area contributed by atoms with E-state index in [2.05, 4.69) is 14.8 Å². The van der Waals surface area contributed by atoms with Crippen LogP contribution < -0.4 is 4.72 Å². The van der Waals surface area contributed by atoms with E-state index in [1.807, 2.05) is 43.6 Å². The number of fused-ring (bicyclic) bond motifs is 1. The van der Waals surface area contributed by atoms with Crippen LogP contribution in [0.3, 0.4) is 0 Å². The molecule has 0 aliphatic rings. The lowest BCUT2D eigenvalue weighted by Gasteiger charge is -2.09. The van der Waals surface area contributed by atoms with Gasteiger partial charge in [-0.15, -0.1) is 0 Å². The molecule has 6 nitrogen and oxygen atoms in total. The third kappa shape index (κ3) is 3.98. The molecule has 0 saturated heterocycles. The minimum atomic E-state index is -3.50. The van der Waals surface area contributed by atoms with Crippen LogP contribution in [0.1, 0.15) is 5.56 Å². The maximum Gasteiger partial charge on any atom is 0.236 e. The second kappa shape index (κ2) is 6.85. The summed E-state index contributed by atoms with van der Waals surface area (Å²) in [6, 6.07) is 16.4. The predicted octanol–water partition coefficient (Wildman–Crippen LogP) is 3.58. The lowest BCUT2D eigenvalue weighted by molar-refractivity contribution is 0.600. The molecule has 2 heterocycles. The van der Waals surface area contributed by atoms with E-state index in [0.717, 1.165) is 27.6 Å². The summed E-state index contributed by atoms with van der Waals surface area (Å²) in [5.41, 5.74) is 3.95. The quantitative estimate of drug-likeness (QED) is 0.576. The molecule has 0 fully saturated rings. The number of nitrogens with zero attached hydrogens (tertiary/aromatic N) is 3. The van der Waals surface area contributed by atoms with Crippen LogP contribution in [0.25, 0.3) is 22.0 Å². The summed E-state index contributed by atoms with van der Waals surface area (Å²) in [4.78, 5) is 4.46. The lowest BCUT2D eigenvalue weighted by Crippen LogP contribution is -2.15. The lowest BCUT2D eigenvalue weighted by atomic mass is 10.1. The van der Waals surface area contributed by atoms with Crippen molar-refractivity contribution in [3.8, 4) is 11.1 Å². The molecule has 0 amide bonds. The first-order chi connectivity index (χ1) is 13.0. The van der Waals surface area contributed by atoms with Gasteiger partial charge in [-0.3, -0.25) is 14.4 Å². The second-order valence-electron chi connectivity index (χ2n) is 6.38. The zero-order valence-corrected chi connectivity index (χ0v) is 15.5. The van der Waals surface area contributed by atoms with Crippen LogP contribution >= 0.6 is 0 Å². The van der Waals surface area contributed by atoms with E-state index >= 15 is 0 Å².